The van der Waals surface area contributed by atoms with Gasteiger partial charge in [-0.3, -0.25) is 4.79 Å². The molecule has 140 valence electrons. The third-order valence-electron chi connectivity index (χ3n) is 4.90. The summed E-state index contributed by atoms with van der Waals surface area (Å²) in [6.45, 7) is 11.3. The van der Waals surface area contributed by atoms with Crippen molar-refractivity contribution in [1.82, 2.24) is 5.32 Å². The molecule has 27 heavy (non-hydrogen) atoms. The van der Waals surface area contributed by atoms with Crippen molar-refractivity contribution in [2.75, 3.05) is 0 Å². The van der Waals surface area contributed by atoms with Gasteiger partial charge in [-0.05, 0) is 48.6 Å². The molecule has 0 saturated heterocycles. The van der Waals surface area contributed by atoms with Crippen LogP contribution in [0.25, 0.3) is 4.85 Å². The first-order valence-electron chi connectivity index (χ1n) is 9.20. The Balaban J connectivity index is 1.54. The second kappa shape index (κ2) is 8.45. The number of ether oxygens (including phenoxy) is 1. The summed E-state index contributed by atoms with van der Waals surface area (Å²) < 4.78 is 5.98. The van der Waals surface area contributed by atoms with Crippen molar-refractivity contribution in [3.8, 4) is 5.75 Å². The van der Waals surface area contributed by atoms with Crippen LogP contribution in [-0.4, -0.2) is 18.1 Å². The summed E-state index contributed by atoms with van der Waals surface area (Å²) in [7, 11) is 0. The molecule has 0 unspecified atom stereocenters. The lowest BCUT2D eigenvalue weighted by molar-refractivity contribution is 0.0935. The molecule has 5 heteroatoms. The van der Waals surface area contributed by atoms with E-state index in [9.17, 15) is 4.79 Å². The van der Waals surface area contributed by atoms with Gasteiger partial charge in [0, 0.05) is 18.0 Å². The molecule has 1 aliphatic carbocycles. The van der Waals surface area contributed by atoms with Gasteiger partial charge in [0.2, 0.25) is 5.69 Å². The summed E-state index contributed by atoms with van der Waals surface area (Å²) in [6, 6.07) is 13.0. The van der Waals surface area contributed by atoms with Crippen LogP contribution >= 0.6 is 11.6 Å². The lowest BCUT2D eigenvalue weighted by Crippen LogP contribution is -2.33. The quantitative estimate of drug-likeness (QED) is 0.669. The zero-order chi connectivity index (χ0) is 19.4. The number of halogens is 1. The highest BCUT2D eigenvalue weighted by Crippen LogP contribution is 2.31. The van der Waals surface area contributed by atoms with Crippen LogP contribution in [0.4, 0.5) is 5.69 Å². The molecule has 0 bridgehead atoms. The van der Waals surface area contributed by atoms with E-state index in [1.54, 1.807) is 18.2 Å². The maximum atomic E-state index is 12.5. The van der Waals surface area contributed by atoms with E-state index >= 15 is 0 Å². The molecule has 1 saturated carbocycles. The molecule has 1 aliphatic rings. The van der Waals surface area contributed by atoms with Gasteiger partial charge in [-0.1, -0.05) is 43.6 Å². The average molecular weight is 383 g/mol. The predicted octanol–water partition coefficient (Wildman–Crippen LogP) is 5.74. The van der Waals surface area contributed by atoms with Crippen molar-refractivity contribution in [3.63, 3.8) is 0 Å². The highest BCUT2D eigenvalue weighted by atomic mass is 35.5. The van der Waals surface area contributed by atoms with Gasteiger partial charge in [-0.15, -0.1) is 0 Å². The Bertz CT molecular complexity index is 856. The number of nitrogens with one attached hydrogen (secondary N) is 1. The number of nitrogens with zero attached hydrogens (tertiary/aromatic N) is 1. The molecule has 1 fully saturated rings. The second-order valence-electron chi connectivity index (χ2n) is 7.23. The van der Waals surface area contributed by atoms with Crippen molar-refractivity contribution in [3.05, 3.63) is 70.0 Å². The minimum Gasteiger partial charge on any atom is -0.490 e. The van der Waals surface area contributed by atoms with E-state index in [-0.39, 0.29) is 18.1 Å². The molecule has 1 N–H and O–H groups in total. The number of rotatable bonds is 5. The first-order valence-corrected chi connectivity index (χ1v) is 9.58. The molecule has 2 aromatic carbocycles. The van der Waals surface area contributed by atoms with Crippen LogP contribution in [0.3, 0.4) is 0 Å². The minimum atomic E-state index is -0.0413. The Morgan fingerprint density at radius 1 is 1.22 bits per heavy atom. The van der Waals surface area contributed by atoms with E-state index < -0.39 is 0 Å². The molecule has 3 rings (SSSR count). The van der Waals surface area contributed by atoms with E-state index in [1.807, 2.05) is 24.3 Å². The zero-order valence-electron chi connectivity index (χ0n) is 15.5. The first-order chi connectivity index (χ1) is 13.0. The first kappa shape index (κ1) is 19.3. The number of amides is 1. The van der Waals surface area contributed by atoms with Gasteiger partial charge in [0.15, 0.2) is 0 Å². The van der Waals surface area contributed by atoms with E-state index in [4.69, 9.17) is 22.9 Å². The number of benzene rings is 2. The van der Waals surface area contributed by atoms with Gasteiger partial charge >= 0.3 is 0 Å². The normalized spacial score (nSPS) is 18.9. The molecule has 0 spiro atoms. The molecular formula is C22H23ClN2O2. The van der Waals surface area contributed by atoms with Crippen molar-refractivity contribution < 1.29 is 9.53 Å². The topological polar surface area (TPSA) is 42.7 Å². The number of hydrogen-bond donors (Lipinski definition) is 1. The number of carbonyl (C=O) groups excluding carboxylic acids is 1. The zero-order valence-corrected chi connectivity index (χ0v) is 16.3. The second-order valence-corrected chi connectivity index (χ2v) is 7.63. The number of carbonyl (C=O) groups is 1. The fraction of sp³-hybridized carbons (Fsp3) is 0.364. The Morgan fingerprint density at radius 2 is 1.96 bits per heavy atom. The Kier molecular flexibility index (Phi) is 6.03. The van der Waals surface area contributed by atoms with Crippen LogP contribution in [0.2, 0.25) is 5.02 Å². The van der Waals surface area contributed by atoms with Crippen LogP contribution in [0.5, 0.6) is 5.75 Å². The minimum absolute atomic E-state index is 0.0356. The largest absolute Gasteiger partial charge is 0.490 e. The van der Waals surface area contributed by atoms with E-state index in [1.165, 1.54) is 5.56 Å². The summed E-state index contributed by atoms with van der Waals surface area (Å²) in [5, 5.41) is 3.50. The smallest absolute Gasteiger partial charge is 0.251 e. The van der Waals surface area contributed by atoms with E-state index in [0.29, 0.717) is 27.9 Å². The third-order valence-corrected chi connectivity index (χ3v) is 5.20. The highest BCUT2D eigenvalue weighted by Gasteiger charge is 2.27. The fourth-order valence-corrected chi connectivity index (χ4v) is 3.52. The molecule has 0 aliphatic heterocycles. The van der Waals surface area contributed by atoms with Crippen molar-refractivity contribution in [2.24, 2.45) is 0 Å². The molecule has 2 atom stereocenters. The Hall–Kier alpha value is -2.51. The fourth-order valence-electron chi connectivity index (χ4n) is 3.31. The molecule has 4 nitrogen and oxygen atoms in total. The SMILES string of the molecule is [C-]#[N+]c1ccc(O[C@H]2CC[C@@H](NC(=O)c3ccc(C(C)C)cc3)C2)cc1Cl. The van der Waals surface area contributed by atoms with Crippen LogP contribution in [0.15, 0.2) is 42.5 Å². The maximum absolute atomic E-state index is 12.5. The molecule has 0 aromatic heterocycles. The molecular weight excluding hydrogens is 360 g/mol. The molecule has 1 amide bonds. The average Bonchev–Trinajstić information content (AvgIpc) is 3.08. The Morgan fingerprint density at radius 3 is 2.59 bits per heavy atom. The van der Waals surface area contributed by atoms with Gasteiger partial charge in [0.1, 0.15) is 11.9 Å². The summed E-state index contributed by atoms with van der Waals surface area (Å²) in [4.78, 5) is 15.8. The van der Waals surface area contributed by atoms with Crippen molar-refractivity contribution in [1.29, 1.82) is 0 Å². The number of hydrogen-bond acceptors (Lipinski definition) is 2. The highest BCUT2D eigenvalue weighted by molar-refractivity contribution is 6.33. The molecule has 0 radical (unpaired) electrons. The summed E-state index contributed by atoms with van der Waals surface area (Å²) in [6.07, 6.45) is 2.56. The van der Waals surface area contributed by atoms with Gasteiger partial charge in [0.05, 0.1) is 11.6 Å². The maximum Gasteiger partial charge on any atom is 0.251 e. The lowest BCUT2D eigenvalue weighted by atomic mass is 10.0. The standard InChI is InChI=1S/C22H23ClN2O2/c1-14(2)15-4-6-16(7-5-15)22(26)25-17-8-9-18(12-17)27-19-10-11-21(24-3)20(23)13-19/h4-7,10-11,13-14,17-18H,8-9,12H2,1-2H3,(H,25,26)/t17-,18+/m1/s1. The van der Waals surface area contributed by atoms with Crippen molar-refractivity contribution >= 4 is 23.2 Å². The van der Waals surface area contributed by atoms with Gasteiger partial charge in [-0.25, -0.2) is 4.85 Å². The Labute approximate surface area is 165 Å². The van der Waals surface area contributed by atoms with Crippen LogP contribution in [0, 0.1) is 6.57 Å². The lowest BCUT2D eigenvalue weighted by Gasteiger charge is -2.16. The summed E-state index contributed by atoms with van der Waals surface area (Å²) in [5.41, 5.74) is 2.33. The third kappa shape index (κ3) is 4.81. The van der Waals surface area contributed by atoms with Crippen molar-refractivity contribution in [2.45, 2.75) is 51.2 Å². The van der Waals surface area contributed by atoms with Crippen LogP contribution < -0.4 is 10.1 Å². The monoisotopic (exact) mass is 382 g/mol. The predicted molar refractivity (Wildman–Crippen MR) is 108 cm³/mol. The van der Waals surface area contributed by atoms with Gasteiger partial charge < -0.3 is 10.1 Å². The summed E-state index contributed by atoms with van der Waals surface area (Å²) in [5.74, 6) is 1.07. The molecule has 2 aromatic rings. The molecule has 0 heterocycles. The van der Waals surface area contributed by atoms with E-state index in [2.05, 4.69) is 24.0 Å². The van der Waals surface area contributed by atoms with Gasteiger partial charge in [-0.2, -0.15) is 0 Å². The van der Waals surface area contributed by atoms with Crippen LogP contribution in [0.1, 0.15) is 54.9 Å². The van der Waals surface area contributed by atoms with Gasteiger partial charge in [0.25, 0.3) is 5.91 Å². The van der Waals surface area contributed by atoms with Crippen LogP contribution in [-0.2, 0) is 0 Å². The van der Waals surface area contributed by atoms with E-state index in [0.717, 1.165) is 19.3 Å². The summed E-state index contributed by atoms with van der Waals surface area (Å²) >= 11 is 6.06.